The molecule has 0 aromatic heterocycles. The highest BCUT2D eigenvalue weighted by atomic mass is 16.7. The SMILES string of the molecule is C1CCC(OCCOC2CCNCC2)OC1. The molecule has 1 atom stereocenters. The molecule has 2 fully saturated rings. The minimum atomic E-state index is 0.0189. The van der Waals surface area contributed by atoms with Gasteiger partial charge in [0, 0.05) is 6.61 Å². The van der Waals surface area contributed by atoms with Crippen molar-refractivity contribution in [2.24, 2.45) is 0 Å². The van der Waals surface area contributed by atoms with Crippen molar-refractivity contribution >= 4 is 0 Å². The Balaban J connectivity index is 1.47. The minimum Gasteiger partial charge on any atom is -0.376 e. The van der Waals surface area contributed by atoms with Crippen LogP contribution in [0.25, 0.3) is 0 Å². The maximum absolute atomic E-state index is 5.75. The van der Waals surface area contributed by atoms with E-state index in [0.717, 1.165) is 39.0 Å². The summed E-state index contributed by atoms with van der Waals surface area (Å²) in [5.74, 6) is 0. The molecule has 1 unspecified atom stereocenters. The van der Waals surface area contributed by atoms with Crippen LogP contribution in [0.5, 0.6) is 0 Å². The van der Waals surface area contributed by atoms with Crippen LogP contribution < -0.4 is 5.32 Å². The van der Waals surface area contributed by atoms with Crippen LogP contribution in [-0.2, 0) is 14.2 Å². The summed E-state index contributed by atoms with van der Waals surface area (Å²) >= 11 is 0. The second-order valence-corrected chi connectivity index (χ2v) is 4.49. The predicted octanol–water partition coefficient (Wildman–Crippen LogP) is 1.30. The standard InChI is InChI=1S/C12H23NO3/c1-2-8-15-12(3-1)16-10-9-14-11-4-6-13-7-5-11/h11-13H,1-10H2. The first-order valence-corrected chi connectivity index (χ1v) is 6.50. The lowest BCUT2D eigenvalue weighted by Crippen LogP contribution is -2.33. The predicted molar refractivity (Wildman–Crippen MR) is 61.4 cm³/mol. The van der Waals surface area contributed by atoms with Crippen molar-refractivity contribution in [1.82, 2.24) is 5.32 Å². The van der Waals surface area contributed by atoms with Gasteiger partial charge in [0.05, 0.1) is 19.3 Å². The number of hydrogen-bond donors (Lipinski definition) is 1. The van der Waals surface area contributed by atoms with Gasteiger partial charge in [-0.05, 0) is 45.2 Å². The van der Waals surface area contributed by atoms with E-state index in [0.29, 0.717) is 19.3 Å². The van der Waals surface area contributed by atoms with Crippen LogP contribution in [0.15, 0.2) is 0 Å². The van der Waals surface area contributed by atoms with Crippen molar-refractivity contribution in [3.8, 4) is 0 Å². The first-order valence-electron chi connectivity index (χ1n) is 6.50. The van der Waals surface area contributed by atoms with E-state index in [1.54, 1.807) is 0 Å². The van der Waals surface area contributed by atoms with Crippen LogP contribution in [-0.4, -0.2) is 45.3 Å². The molecule has 94 valence electrons. The Kier molecular flexibility index (Phi) is 5.55. The van der Waals surface area contributed by atoms with Crippen molar-refractivity contribution in [1.29, 1.82) is 0 Å². The average Bonchev–Trinajstić information content (AvgIpc) is 2.37. The summed E-state index contributed by atoms with van der Waals surface area (Å²) in [6, 6.07) is 0. The summed E-state index contributed by atoms with van der Waals surface area (Å²) in [7, 11) is 0. The third-order valence-electron chi connectivity index (χ3n) is 3.16. The molecule has 2 saturated heterocycles. The lowest BCUT2D eigenvalue weighted by molar-refractivity contribution is -0.171. The Hall–Kier alpha value is -0.160. The van der Waals surface area contributed by atoms with E-state index >= 15 is 0 Å². The molecular weight excluding hydrogens is 206 g/mol. The fourth-order valence-corrected chi connectivity index (χ4v) is 2.20. The Morgan fingerprint density at radius 1 is 1.00 bits per heavy atom. The molecule has 0 saturated carbocycles. The van der Waals surface area contributed by atoms with E-state index in [2.05, 4.69) is 5.32 Å². The van der Waals surface area contributed by atoms with Crippen LogP contribution in [0.1, 0.15) is 32.1 Å². The number of nitrogens with one attached hydrogen (secondary N) is 1. The molecule has 4 heteroatoms. The fraction of sp³-hybridized carbons (Fsp3) is 1.00. The molecule has 0 aromatic carbocycles. The second kappa shape index (κ2) is 7.22. The van der Waals surface area contributed by atoms with E-state index in [1.165, 1.54) is 12.8 Å². The van der Waals surface area contributed by atoms with Gasteiger partial charge in [-0.1, -0.05) is 0 Å². The zero-order valence-corrected chi connectivity index (χ0v) is 9.95. The molecule has 16 heavy (non-hydrogen) atoms. The van der Waals surface area contributed by atoms with Crippen molar-refractivity contribution < 1.29 is 14.2 Å². The molecule has 0 spiro atoms. The normalized spacial score (nSPS) is 28.1. The topological polar surface area (TPSA) is 39.7 Å². The number of hydrogen-bond acceptors (Lipinski definition) is 4. The van der Waals surface area contributed by atoms with Gasteiger partial charge in [-0.25, -0.2) is 0 Å². The van der Waals surface area contributed by atoms with E-state index in [4.69, 9.17) is 14.2 Å². The summed E-state index contributed by atoms with van der Waals surface area (Å²) in [5.41, 5.74) is 0. The van der Waals surface area contributed by atoms with Gasteiger partial charge < -0.3 is 19.5 Å². The van der Waals surface area contributed by atoms with Crippen molar-refractivity contribution in [2.75, 3.05) is 32.9 Å². The molecule has 2 rings (SSSR count). The molecule has 0 bridgehead atoms. The third-order valence-corrected chi connectivity index (χ3v) is 3.16. The monoisotopic (exact) mass is 229 g/mol. The average molecular weight is 229 g/mol. The highest BCUT2D eigenvalue weighted by molar-refractivity contribution is 4.67. The quantitative estimate of drug-likeness (QED) is 0.721. The zero-order valence-electron chi connectivity index (χ0n) is 9.95. The van der Waals surface area contributed by atoms with Gasteiger partial charge in [0.2, 0.25) is 0 Å². The van der Waals surface area contributed by atoms with E-state index in [9.17, 15) is 0 Å². The maximum atomic E-state index is 5.75. The van der Waals surface area contributed by atoms with Crippen molar-refractivity contribution in [3.63, 3.8) is 0 Å². The third kappa shape index (κ3) is 4.37. The highest BCUT2D eigenvalue weighted by Crippen LogP contribution is 2.13. The van der Waals surface area contributed by atoms with Gasteiger partial charge in [0.25, 0.3) is 0 Å². The summed E-state index contributed by atoms with van der Waals surface area (Å²) in [6.45, 7) is 4.37. The second-order valence-electron chi connectivity index (χ2n) is 4.49. The zero-order chi connectivity index (χ0) is 11.1. The van der Waals surface area contributed by atoms with Crippen molar-refractivity contribution in [3.05, 3.63) is 0 Å². The van der Waals surface area contributed by atoms with Gasteiger partial charge in [-0.3, -0.25) is 0 Å². The summed E-state index contributed by atoms with van der Waals surface area (Å²) in [5, 5.41) is 3.33. The highest BCUT2D eigenvalue weighted by Gasteiger charge is 2.15. The van der Waals surface area contributed by atoms with E-state index < -0.39 is 0 Å². The molecule has 2 aliphatic heterocycles. The lowest BCUT2D eigenvalue weighted by Gasteiger charge is -2.25. The van der Waals surface area contributed by atoms with Gasteiger partial charge in [0.15, 0.2) is 6.29 Å². The van der Waals surface area contributed by atoms with Crippen LogP contribution >= 0.6 is 0 Å². The Bertz CT molecular complexity index is 157. The lowest BCUT2D eigenvalue weighted by atomic mass is 10.1. The Labute approximate surface area is 97.6 Å². The number of ether oxygens (including phenoxy) is 3. The molecule has 2 heterocycles. The van der Waals surface area contributed by atoms with Gasteiger partial charge >= 0.3 is 0 Å². The molecule has 0 aromatic rings. The summed E-state index contributed by atoms with van der Waals surface area (Å²) in [4.78, 5) is 0. The first kappa shape index (κ1) is 12.3. The van der Waals surface area contributed by atoms with Crippen LogP contribution in [0.2, 0.25) is 0 Å². The molecule has 4 nitrogen and oxygen atoms in total. The minimum absolute atomic E-state index is 0.0189. The van der Waals surface area contributed by atoms with E-state index in [-0.39, 0.29) is 6.29 Å². The van der Waals surface area contributed by atoms with Crippen LogP contribution in [0, 0.1) is 0 Å². The Morgan fingerprint density at radius 2 is 1.81 bits per heavy atom. The first-order chi connectivity index (χ1) is 7.95. The largest absolute Gasteiger partial charge is 0.376 e. The van der Waals surface area contributed by atoms with E-state index in [1.807, 2.05) is 0 Å². The Morgan fingerprint density at radius 3 is 2.56 bits per heavy atom. The molecule has 0 amide bonds. The van der Waals surface area contributed by atoms with Crippen LogP contribution in [0.3, 0.4) is 0 Å². The number of piperidine rings is 1. The van der Waals surface area contributed by atoms with Crippen LogP contribution in [0.4, 0.5) is 0 Å². The van der Waals surface area contributed by atoms with Crippen molar-refractivity contribution in [2.45, 2.75) is 44.5 Å². The fourth-order valence-electron chi connectivity index (χ4n) is 2.20. The summed E-state index contributed by atoms with van der Waals surface area (Å²) < 4.78 is 16.8. The molecular formula is C12H23NO3. The molecule has 2 aliphatic rings. The maximum Gasteiger partial charge on any atom is 0.157 e. The smallest absolute Gasteiger partial charge is 0.157 e. The molecule has 1 N–H and O–H groups in total. The van der Waals surface area contributed by atoms with Gasteiger partial charge in [-0.15, -0.1) is 0 Å². The van der Waals surface area contributed by atoms with Gasteiger partial charge in [-0.2, -0.15) is 0 Å². The molecule has 0 radical (unpaired) electrons. The number of rotatable bonds is 5. The van der Waals surface area contributed by atoms with Gasteiger partial charge in [0.1, 0.15) is 0 Å². The summed E-state index contributed by atoms with van der Waals surface area (Å²) in [6.07, 6.45) is 6.13. The molecule has 0 aliphatic carbocycles.